The number of pyridine rings is 1. The van der Waals surface area contributed by atoms with Gasteiger partial charge in [0.2, 0.25) is 0 Å². The quantitative estimate of drug-likeness (QED) is 0.414. The van der Waals surface area contributed by atoms with Crippen molar-refractivity contribution >= 4 is 27.9 Å². The van der Waals surface area contributed by atoms with E-state index in [2.05, 4.69) is 45.6 Å². The summed E-state index contributed by atoms with van der Waals surface area (Å²) in [7, 11) is 3.31. The van der Waals surface area contributed by atoms with Crippen molar-refractivity contribution in [1.82, 2.24) is 25.0 Å². The van der Waals surface area contributed by atoms with Crippen molar-refractivity contribution in [2.75, 3.05) is 7.11 Å². The summed E-state index contributed by atoms with van der Waals surface area (Å²) in [6.45, 7) is 1.98. The highest BCUT2D eigenvalue weighted by Gasteiger charge is 2.29. The highest BCUT2D eigenvalue weighted by molar-refractivity contribution is 6.08. The molecular formula is C26H23N5O2. The average Bonchev–Trinajstić information content (AvgIpc) is 3.51. The Hall–Kier alpha value is -4.00. The predicted molar refractivity (Wildman–Crippen MR) is 126 cm³/mol. The second-order valence-corrected chi connectivity index (χ2v) is 8.63. The first-order valence-electron chi connectivity index (χ1n) is 11.0. The maximum Gasteiger partial charge on any atom is 0.337 e. The molecule has 1 aliphatic carbocycles. The number of fused-ring (bicyclic) bond motifs is 4. The van der Waals surface area contributed by atoms with Crippen molar-refractivity contribution in [2.45, 2.75) is 25.7 Å². The summed E-state index contributed by atoms with van der Waals surface area (Å²) in [5, 5.41) is 9.52. The number of carbonyl (C=O) groups excluding carboxylic acids is 1. The van der Waals surface area contributed by atoms with Gasteiger partial charge >= 0.3 is 5.97 Å². The number of ether oxygens (including phenoxy) is 1. The lowest BCUT2D eigenvalue weighted by molar-refractivity contribution is 0.0601. The molecule has 1 N–H and O–H groups in total. The Morgan fingerprint density at radius 1 is 1.15 bits per heavy atom. The molecule has 3 aromatic heterocycles. The van der Waals surface area contributed by atoms with Gasteiger partial charge in [0.15, 0.2) is 0 Å². The van der Waals surface area contributed by atoms with Gasteiger partial charge in [-0.3, -0.25) is 0 Å². The van der Waals surface area contributed by atoms with Gasteiger partial charge in [0.25, 0.3) is 0 Å². The third-order valence-corrected chi connectivity index (χ3v) is 6.73. The van der Waals surface area contributed by atoms with Crippen LogP contribution in [0.25, 0.3) is 33.2 Å². The lowest BCUT2D eigenvalue weighted by Crippen LogP contribution is -2.05. The van der Waals surface area contributed by atoms with Crippen molar-refractivity contribution in [3.05, 3.63) is 76.6 Å². The van der Waals surface area contributed by atoms with Crippen LogP contribution in [-0.4, -0.2) is 38.0 Å². The second kappa shape index (κ2) is 7.27. The molecule has 33 heavy (non-hydrogen) atoms. The average molecular weight is 438 g/mol. The van der Waals surface area contributed by atoms with Crippen molar-refractivity contribution in [3.63, 3.8) is 0 Å². The smallest absolute Gasteiger partial charge is 0.337 e. The first-order valence-corrected chi connectivity index (χ1v) is 11.0. The molecule has 0 fully saturated rings. The van der Waals surface area contributed by atoms with E-state index in [0.29, 0.717) is 5.56 Å². The van der Waals surface area contributed by atoms with Crippen molar-refractivity contribution in [2.24, 2.45) is 7.05 Å². The number of H-pyrrole nitrogens is 1. The van der Waals surface area contributed by atoms with Gasteiger partial charge in [-0.2, -0.15) is 0 Å². The number of aromatic amines is 1. The molecule has 164 valence electrons. The van der Waals surface area contributed by atoms with Gasteiger partial charge < -0.3 is 9.72 Å². The molecule has 6 rings (SSSR count). The Bertz CT molecular complexity index is 1540. The highest BCUT2D eigenvalue weighted by Crippen LogP contribution is 2.43. The minimum absolute atomic E-state index is 0.203. The van der Waals surface area contributed by atoms with Crippen molar-refractivity contribution in [3.8, 4) is 11.3 Å². The number of nitrogens with zero attached hydrogens (tertiary/aromatic N) is 4. The molecule has 0 aliphatic heterocycles. The number of rotatable bonds is 3. The molecule has 0 radical (unpaired) electrons. The monoisotopic (exact) mass is 437 g/mol. The number of carbonyl (C=O) groups is 1. The molecule has 2 aromatic carbocycles. The zero-order valence-corrected chi connectivity index (χ0v) is 18.7. The number of methoxy groups -OCH3 is 1. The first kappa shape index (κ1) is 19.7. The zero-order chi connectivity index (χ0) is 22.7. The molecule has 3 heterocycles. The lowest BCUT2D eigenvalue weighted by Gasteiger charge is -2.17. The number of hydrogen-bond donors (Lipinski definition) is 1. The van der Waals surface area contributed by atoms with Gasteiger partial charge in [-0.05, 0) is 55.2 Å². The van der Waals surface area contributed by atoms with E-state index in [9.17, 15) is 4.79 Å². The molecule has 1 unspecified atom stereocenters. The highest BCUT2D eigenvalue weighted by atomic mass is 16.5. The zero-order valence-electron chi connectivity index (χ0n) is 18.7. The molecule has 7 heteroatoms. The van der Waals surface area contributed by atoms with Crippen LogP contribution in [-0.2, 0) is 18.2 Å². The Balaban J connectivity index is 1.64. The van der Waals surface area contributed by atoms with Crippen molar-refractivity contribution in [1.29, 1.82) is 0 Å². The van der Waals surface area contributed by atoms with Crippen LogP contribution in [0.1, 0.15) is 45.2 Å². The molecule has 7 nitrogen and oxygen atoms in total. The van der Waals surface area contributed by atoms with Gasteiger partial charge in [-0.1, -0.05) is 29.5 Å². The lowest BCUT2D eigenvalue weighted by atomic mass is 9.92. The number of aryl methyl sites for hydroxylation is 3. The molecular weight excluding hydrogens is 414 g/mol. The Labute approximate surface area is 190 Å². The molecule has 1 aliphatic rings. The Morgan fingerprint density at radius 2 is 2.00 bits per heavy atom. The van der Waals surface area contributed by atoms with E-state index >= 15 is 0 Å². The molecule has 1 atom stereocenters. The topological polar surface area (TPSA) is 85.7 Å². The fraction of sp³-hybridized carbons (Fsp3) is 0.231. The number of esters is 1. The Morgan fingerprint density at radius 3 is 2.79 bits per heavy atom. The molecule has 0 amide bonds. The summed E-state index contributed by atoms with van der Waals surface area (Å²) in [6, 6.07) is 16.3. The van der Waals surface area contributed by atoms with Gasteiger partial charge in [0.1, 0.15) is 0 Å². The summed E-state index contributed by atoms with van der Waals surface area (Å²) in [4.78, 5) is 20.7. The third kappa shape index (κ3) is 2.96. The summed E-state index contributed by atoms with van der Waals surface area (Å²) >= 11 is 0. The van der Waals surface area contributed by atoms with Crippen LogP contribution in [0, 0.1) is 6.92 Å². The fourth-order valence-electron chi connectivity index (χ4n) is 5.20. The van der Waals surface area contributed by atoms with Crippen LogP contribution < -0.4 is 0 Å². The molecule has 5 aromatic rings. The SMILES string of the molecule is COC(=O)c1ccc2c(c1)[nH]c1cc(-c3c(C)nnn3C)c(C3CCc4ccccc43)nc12. The van der Waals surface area contributed by atoms with Crippen LogP contribution in [0.3, 0.4) is 0 Å². The van der Waals surface area contributed by atoms with Crippen LogP contribution in [0.5, 0.6) is 0 Å². The van der Waals surface area contributed by atoms with Gasteiger partial charge in [-0.25, -0.2) is 14.5 Å². The van der Waals surface area contributed by atoms with Crippen LogP contribution in [0.2, 0.25) is 0 Å². The summed E-state index contributed by atoms with van der Waals surface area (Å²) < 4.78 is 6.71. The van der Waals surface area contributed by atoms with E-state index in [1.54, 1.807) is 6.07 Å². The predicted octanol–water partition coefficient (Wildman–Crippen LogP) is 4.68. The Kier molecular flexibility index (Phi) is 4.33. The maximum atomic E-state index is 12.0. The normalized spacial score (nSPS) is 15.3. The van der Waals surface area contributed by atoms with Crippen molar-refractivity contribution < 1.29 is 9.53 Å². The van der Waals surface area contributed by atoms with Gasteiger partial charge in [0.05, 0.1) is 40.8 Å². The third-order valence-electron chi connectivity index (χ3n) is 6.73. The molecule has 0 saturated heterocycles. The maximum absolute atomic E-state index is 12.0. The van der Waals surface area contributed by atoms with Gasteiger partial charge in [-0.15, -0.1) is 5.10 Å². The summed E-state index contributed by atoms with van der Waals surface area (Å²) in [6.07, 6.45) is 2.06. The standard InChI is InChI=1S/C26H23N5O2/c1-14-25(31(2)30-29-14)20-13-22-24(19-11-9-16(26(32)33-3)12-21(19)27-22)28-23(20)18-10-8-15-6-4-5-7-17(15)18/h4-7,9,11-13,18,27H,8,10H2,1-3H3. The molecule has 0 spiro atoms. The van der Waals surface area contributed by atoms with E-state index in [1.165, 1.54) is 18.2 Å². The van der Waals surface area contributed by atoms with Gasteiger partial charge in [0, 0.05) is 29.4 Å². The number of nitrogens with one attached hydrogen (secondary N) is 1. The molecule has 0 saturated carbocycles. The van der Waals surface area contributed by atoms with E-state index in [4.69, 9.17) is 9.72 Å². The summed E-state index contributed by atoms with van der Waals surface area (Å²) in [5.41, 5.74) is 9.82. The van der Waals surface area contributed by atoms with Crippen LogP contribution >= 0.6 is 0 Å². The number of hydrogen-bond acceptors (Lipinski definition) is 5. The van der Waals surface area contributed by atoms with E-state index in [1.807, 2.05) is 30.8 Å². The minimum atomic E-state index is -0.357. The minimum Gasteiger partial charge on any atom is -0.465 e. The first-order chi connectivity index (χ1) is 16.0. The van der Waals surface area contributed by atoms with E-state index in [-0.39, 0.29) is 11.9 Å². The van der Waals surface area contributed by atoms with Crippen LogP contribution in [0.15, 0.2) is 48.5 Å². The number of aromatic nitrogens is 5. The fourth-order valence-corrected chi connectivity index (χ4v) is 5.20. The van der Waals surface area contributed by atoms with E-state index < -0.39 is 0 Å². The van der Waals surface area contributed by atoms with Crippen LogP contribution in [0.4, 0.5) is 0 Å². The van der Waals surface area contributed by atoms with E-state index in [0.717, 1.165) is 57.4 Å². The molecule has 0 bridgehead atoms. The largest absolute Gasteiger partial charge is 0.465 e. The second-order valence-electron chi connectivity index (χ2n) is 8.63. The summed E-state index contributed by atoms with van der Waals surface area (Å²) in [5.74, 6) is -0.154. The number of benzene rings is 2.